The Morgan fingerprint density at radius 3 is 2.81 bits per heavy atom. The lowest BCUT2D eigenvalue weighted by atomic mass is 9.72. The first-order valence-corrected chi connectivity index (χ1v) is 6.68. The third kappa shape index (κ3) is 2.78. The first-order valence-electron chi connectivity index (χ1n) is 6.68. The number of aliphatic hydroxyl groups is 1. The molecule has 0 bridgehead atoms. The summed E-state index contributed by atoms with van der Waals surface area (Å²) in [6.07, 6.45) is 1.69. The van der Waals surface area contributed by atoms with Crippen LogP contribution in [0.1, 0.15) is 12.8 Å². The Balaban J connectivity index is 1.62. The number of aliphatic hydroxyl groups excluding tert-OH is 1. The minimum Gasteiger partial charge on any atom is -0.393 e. The number of anilines is 1. The van der Waals surface area contributed by atoms with Gasteiger partial charge in [0.15, 0.2) is 5.82 Å². The number of carbonyl (C=O) groups is 1. The van der Waals surface area contributed by atoms with Crippen molar-refractivity contribution in [1.29, 1.82) is 0 Å². The fourth-order valence-electron chi connectivity index (χ4n) is 2.39. The predicted octanol–water partition coefficient (Wildman–Crippen LogP) is 1.32. The van der Waals surface area contributed by atoms with Crippen molar-refractivity contribution in [1.82, 2.24) is 15.0 Å². The zero-order valence-electron chi connectivity index (χ0n) is 11.2. The molecule has 1 saturated carbocycles. The molecule has 110 valence electrons. The topological polar surface area (TPSA) is 80.0 Å². The van der Waals surface area contributed by atoms with Gasteiger partial charge >= 0.3 is 0 Å². The Labute approximate surface area is 120 Å². The second kappa shape index (κ2) is 5.25. The average Bonchev–Trinajstić information content (AvgIpc) is 2.93. The van der Waals surface area contributed by atoms with Gasteiger partial charge in [-0.15, -0.1) is 5.10 Å². The summed E-state index contributed by atoms with van der Waals surface area (Å²) in [5.74, 6) is -0.398. The molecule has 2 N–H and O–H groups in total. The molecule has 1 aliphatic carbocycles. The van der Waals surface area contributed by atoms with Gasteiger partial charge in [-0.05, 0) is 25.0 Å². The van der Waals surface area contributed by atoms with Gasteiger partial charge in [0.2, 0.25) is 5.91 Å². The largest absolute Gasteiger partial charge is 0.393 e. The summed E-state index contributed by atoms with van der Waals surface area (Å²) >= 11 is 0. The molecule has 1 heterocycles. The molecule has 0 unspecified atom stereocenters. The van der Waals surface area contributed by atoms with E-state index in [1.807, 2.05) is 30.3 Å². The number of aromatic nitrogens is 3. The molecule has 7 heteroatoms. The maximum absolute atomic E-state index is 13.5. The number of hydrogen-bond donors (Lipinski definition) is 2. The number of amides is 1. The van der Waals surface area contributed by atoms with Crippen molar-refractivity contribution in [3.63, 3.8) is 0 Å². The lowest BCUT2D eigenvalue weighted by molar-refractivity contribution is -0.131. The number of nitrogens with one attached hydrogen (secondary N) is 1. The molecular formula is C14H15FN4O2. The Morgan fingerprint density at radius 1 is 1.43 bits per heavy atom. The Hall–Kier alpha value is -2.28. The summed E-state index contributed by atoms with van der Waals surface area (Å²) in [4.78, 5) is 11.9. The Morgan fingerprint density at radius 2 is 2.14 bits per heavy atom. The van der Waals surface area contributed by atoms with E-state index in [-0.39, 0.29) is 18.7 Å². The van der Waals surface area contributed by atoms with Crippen molar-refractivity contribution < 1.29 is 14.3 Å². The highest BCUT2D eigenvalue weighted by molar-refractivity contribution is 5.92. The second-order valence-corrected chi connectivity index (χ2v) is 5.29. The van der Waals surface area contributed by atoms with Gasteiger partial charge in [-0.25, -0.2) is 9.07 Å². The first-order chi connectivity index (χ1) is 10.1. The van der Waals surface area contributed by atoms with Crippen LogP contribution >= 0.6 is 0 Å². The smallest absolute Gasteiger partial charge is 0.228 e. The molecule has 0 saturated heterocycles. The van der Waals surface area contributed by atoms with E-state index >= 15 is 0 Å². The number of hydrogen-bond acceptors (Lipinski definition) is 4. The van der Waals surface area contributed by atoms with Gasteiger partial charge in [0.1, 0.15) is 5.67 Å². The van der Waals surface area contributed by atoms with E-state index in [1.54, 1.807) is 10.9 Å². The number of para-hydroxylation sites is 1. The van der Waals surface area contributed by atoms with Crippen molar-refractivity contribution in [2.24, 2.45) is 5.92 Å². The highest BCUT2D eigenvalue weighted by Gasteiger charge is 2.47. The fourth-order valence-corrected chi connectivity index (χ4v) is 2.39. The number of nitrogens with zero attached hydrogens (tertiary/aromatic N) is 3. The monoisotopic (exact) mass is 290 g/mol. The number of halogens is 1. The predicted molar refractivity (Wildman–Crippen MR) is 73.6 cm³/mol. The minimum absolute atomic E-state index is 0.0438. The van der Waals surface area contributed by atoms with Crippen molar-refractivity contribution >= 4 is 11.7 Å². The lowest BCUT2D eigenvalue weighted by Gasteiger charge is -2.38. The number of benzene rings is 1. The summed E-state index contributed by atoms with van der Waals surface area (Å²) in [6.45, 7) is -0.541. The zero-order valence-corrected chi connectivity index (χ0v) is 11.2. The van der Waals surface area contributed by atoms with Crippen LogP contribution in [0.4, 0.5) is 10.2 Å². The van der Waals surface area contributed by atoms with E-state index in [2.05, 4.69) is 15.6 Å². The maximum Gasteiger partial charge on any atom is 0.228 e. The molecule has 1 amide bonds. The zero-order chi connectivity index (χ0) is 14.9. The first kappa shape index (κ1) is 13.7. The van der Waals surface area contributed by atoms with Gasteiger partial charge in [-0.3, -0.25) is 4.79 Å². The van der Waals surface area contributed by atoms with E-state index < -0.39 is 18.2 Å². The van der Waals surface area contributed by atoms with Crippen molar-refractivity contribution in [2.75, 3.05) is 11.9 Å². The summed E-state index contributed by atoms with van der Waals surface area (Å²) in [5, 5.41) is 19.2. The van der Waals surface area contributed by atoms with E-state index in [0.717, 1.165) is 5.69 Å². The molecule has 6 nitrogen and oxygen atoms in total. The number of rotatable bonds is 4. The molecule has 1 aromatic carbocycles. The van der Waals surface area contributed by atoms with Crippen LogP contribution in [0.25, 0.3) is 5.69 Å². The van der Waals surface area contributed by atoms with Crippen LogP contribution in [-0.4, -0.2) is 38.3 Å². The summed E-state index contributed by atoms with van der Waals surface area (Å²) in [7, 11) is 0. The maximum atomic E-state index is 13.5. The molecule has 0 spiro atoms. The minimum atomic E-state index is -1.61. The molecule has 0 atom stereocenters. The Kier molecular flexibility index (Phi) is 3.42. The molecule has 21 heavy (non-hydrogen) atoms. The normalized spacial score (nSPS) is 24.4. The molecule has 3 rings (SSSR count). The number of alkyl halides is 1. The van der Waals surface area contributed by atoms with Gasteiger partial charge in [0.05, 0.1) is 18.5 Å². The SMILES string of the molecule is O=C(Nc1cn(-c2ccccc2)nn1)C1CC(F)(CO)C1. The second-order valence-electron chi connectivity index (χ2n) is 5.29. The van der Waals surface area contributed by atoms with Gasteiger partial charge < -0.3 is 10.4 Å². The quantitative estimate of drug-likeness (QED) is 0.890. The van der Waals surface area contributed by atoms with E-state index in [1.165, 1.54) is 0 Å². The molecule has 1 aliphatic rings. The Bertz CT molecular complexity index is 637. The molecule has 0 radical (unpaired) electrons. The third-order valence-electron chi connectivity index (χ3n) is 3.64. The van der Waals surface area contributed by atoms with Gasteiger partial charge in [0.25, 0.3) is 0 Å². The highest BCUT2D eigenvalue weighted by atomic mass is 19.1. The van der Waals surface area contributed by atoms with Gasteiger partial charge in [-0.1, -0.05) is 23.4 Å². The van der Waals surface area contributed by atoms with Crippen LogP contribution in [0.5, 0.6) is 0 Å². The van der Waals surface area contributed by atoms with Crippen LogP contribution in [0.3, 0.4) is 0 Å². The highest BCUT2D eigenvalue weighted by Crippen LogP contribution is 2.41. The van der Waals surface area contributed by atoms with E-state index in [0.29, 0.717) is 5.82 Å². The average molecular weight is 290 g/mol. The molecule has 2 aromatic rings. The fraction of sp³-hybridized carbons (Fsp3) is 0.357. The molecule has 0 aliphatic heterocycles. The van der Waals surface area contributed by atoms with Crippen molar-refractivity contribution in [3.05, 3.63) is 36.5 Å². The summed E-state index contributed by atoms with van der Waals surface area (Å²) < 4.78 is 15.1. The van der Waals surface area contributed by atoms with Crippen LogP contribution in [0.15, 0.2) is 36.5 Å². The number of carbonyl (C=O) groups excluding carboxylic acids is 1. The molecular weight excluding hydrogens is 275 g/mol. The molecule has 1 aromatic heterocycles. The third-order valence-corrected chi connectivity index (χ3v) is 3.64. The van der Waals surface area contributed by atoms with Gasteiger partial charge in [-0.2, -0.15) is 0 Å². The summed E-state index contributed by atoms with van der Waals surface area (Å²) in [6, 6.07) is 9.37. The lowest BCUT2D eigenvalue weighted by Crippen LogP contribution is -2.47. The van der Waals surface area contributed by atoms with Crippen LogP contribution < -0.4 is 5.32 Å². The van der Waals surface area contributed by atoms with E-state index in [4.69, 9.17) is 5.11 Å². The van der Waals surface area contributed by atoms with E-state index in [9.17, 15) is 9.18 Å². The van der Waals surface area contributed by atoms with Crippen LogP contribution in [-0.2, 0) is 4.79 Å². The molecule has 1 fully saturated rings. The van der Waals surface area contributed by atoms with Crippen LogP contribution in [0.2, 0.25) is 0 Å². The van der Waals surface area contributed by atoms with Crippen molar-refractivity contribution in [2.45, 2.75) is 18.5 Å². The standard InChI is InChI=1S/C14H15FN4O2/c15-14(9-20)6-10(7-14)13(21)16-12-8-19(18-17-12)11-4-2-1-3-5-11/h1-5,8,10,20H,6-7,9H2,(H,16,21). The van der Waals surface area contributed by atoms with Crippen molar-refractivity contribution in [3.8, 4) is 5.69 Å². The summed E-state index contributed by atoms with van der Waals surface area (Å²) in [5.41, 5.74) is -0.777. The van der Waals surface area contributed by atoms with Gasteiger partial charge in [0, 0.05) is 5.92 Å². The van der Waals surface area contributed by atoms with Crippen LogP contribution in [0, 0.1) is 5.92 Å².